The summed E-state index contributed by atoms with van der Waals surface area (Å²) in [6.45, 7) is 1.86. The van der Waals surface area contributed by atoms with E-state index < -0.39 is 5.41 Å². The van der Waals surface area contributed by atoms with E-state index in [1.165, 1.54) is 6.33 Å². The predicted molar refractivity (Wildman–Crippen MR) is 125 cm³/mol. The molecule has 0 radical (unpaired) electrons. The molecule has 0 aliphatic carbocycles. The van der Waals surface area contributed by atoms with Gasteiger partial charge in [0.1, 0.15) is 22.6 Å². The van der Waals surface area contributed by atoms with E-state index in [-0.39, 0.29) is 22.9 Å². The van der Waals surface area contributed by atoms with Crippen LogP contribution >= 0.6 is 15.9 Å². The van der Waals surface area contributed by atoms with E-state index in [4.69, 9.17) is 16.9 Å². The summed E-state index contributed by atoms with van der Waals surface area (Å²) in [6, 6.07) is 10.1. The van der Waals surface area contributed by atoms with Gasteiger partial charge in [0.05, 0.1) is 17.5 Å². The number of nitrogens with zero attached hydrogens (tertiary/aromatic N) is 3. The number of hydrogen-bond donors (Lipinski definition) is 5. The number of fused-ring (bicyclic) bond motifs is 1. The van der Waals surface area contributed by atoms with Gasteiger partial charge in [-0.05, 0) is 46.3 Å². The number of anilines is 2. The number of carbonyl (C=O) groups excluding carboxylic acids is 1. The highest BCUT2D eigenvalue weighted by Crippen LogP contribution is 2.34. The highest BCUT2D eigenvalue weighted by molar-refractivity contribution is 9.18. The average molecular weight is 485 g/mol. The van der Waals surface area contributed by atoms with E-state index in [0.29, 0.717) is 43.9 Å². The molecule has 3 heterocycles. The molecule has 0 atom stereocenters. The molecule has 162 valence electrons. The monoisotopic (exact) mass is 484 g/mol. The Balaban J connectivity index is 1.44. The number of halogens is 1. The van der Waals surface area contributed by atoms with Crippen molar-refractivity contribution in [2.45, 2.75) is 19.4 Å². The predicted octanol–water partition coefficient (Wildman–Crippen LogP) is 2.12. The minimum atomic E-state index is -0.636. The lowest BCUT2D eigenvalue weighted by atomic mass is 9.77. The maximum Gasteiger partial charge on any atom is 0.227 e. The second kappa shape index (κ2) is 8.64. The lowest BCUT2D eigenvalue weighted by Crippen LogP contribution is -2.52. The van der Waals surface area contributed by atoms with Gasteiger partial charge in [0, 0.05) is 30.8 Å². The number of nitrogens with one attached hydrogen (secondary N) is 3. The number of H-pyrrole nitrogens is 1. The third kappa shape index (κ3) is 4.13. The third-order valence-electron chi connectivity index (χ3n) is 5.99. The highest BCUT2D eigenvalue weighted by Gasteiger charge is 2.41. The standard InChI is InChI=1S/C21H25BrN8O/c22-17(24)16-18(25)27-12-28-19(16)30-7-5-21(11-23,6-8-30)20(31)26-10-14-9-13-3-1-2-4-15(13)29-14/h1-4,9,12,24,29H,5-8,10-11,23H2,(H,26,31)(H2,25,27,28). The third-order valence-corrected chi connectivity index (χ3v) is 6.39. The summed E-state index contributed by atoms with van der Waals surface area (Å²) in [6.07, 6.45) is 2.56. The quantitative estimate of drug-likeness (QED) is 0.338. The normalized spacial score (nSPS) is 15.7. The van der Waals surface area contributed by atoms with Crippen molar-refractivity contribution >= 4 is 49.0 Å². The summed E-state index contributed by atoms with van der Waals surface area (Å²) in [7, 11) is 0. The topological polar surface area (TPSA) is 150 Å². The number of amides is 1. The van der Waals surface area contributed by atoms with Gasteiger partial charge in [0.15, 0.2) is 0 Å². The molecule has 1 amide bonds. The van der Waals surface area contributed by atoms with Crippen LogP contribution in [0.1, 0.15) is 24.1 Å². The molecule has 10 heteroatoms. The number of nitrogens with two attached hydrogens (primary N) is 2. The van der Waals surface area contributed by atoms with E-state index in [2.05, 4.69) is 36.2 Å². The van der Waals surface area contributed by atoms with Crippen LogP contribution < -0.4 is 21.7 Å². The molecule has 1 aromatic carbocycles. The van der Waals surface area contributed by atoms with Crippen LogP contribution in [0.5, 0.6) is 0 Å². The molecule has 0 bridgehead atoms. The van der Waals surface area contributed by atoms with Gasteiger partial charge < -0.3 is 26.7 Å². The molecule has 7 N–H and O–H groups in total. The lowest BCUT2D eigenvalue weighted by Gasteiger charge is -2.40. The smallest absolute Gasteiger partial charge is 0.227 e. The number of hydrogen-bond acceptors (Lipinski definition) is 7. The Morgan fingerprint density at radius 1 is 1.29 bits per heavy atom. The van der Waals surface area contributed by atoms with Crippen LogP contribution in [0.15, 0.2) is 36.7 Å². The van der Waals surface area contributed by atoms with Gasteiger partial charge in [-0.3, -0.25) is 10.2 Å². The van der Waals surface area contributed by atoms with Crippen LogP contribution in [0.2, 0.25) is 0 Å². The number of carbonyl (C=O) groups is 1. The first-order chi connectivity index (χ1) is 14.9. The van der Waals surface area contributed by atoms with Gasteiger partial charge in [-0.2, -0.15) is 0 Å². The zero-order valence-corrected chi connectivity index (χ0v) is 18.6. The SMILES string of the molecule is N=C(Br)c1c(N)ncnc1N1CCC(CN)(C(=O)NCc2cc3ccccc3[nH]2)CC1. The van der Waals surface area contributed by atoms with Gasteiger partial charge in [-0.15, -0.1) is 0 Å². The fraction of sp³-hybridized carbons (Fsp3) is 0.333. The Labute approximate surface area is 188 Å². The first-order valence-corrected chi connectivity index (χ1v) is 10.9. The van der Waals surface area contributed by atoms with Gasteiger partial charge in [0.2, 0.25) is 5.91 Å². The largest absolute Gasteiger partial charge is 0.383 e. The first kappa shape index (κ1) is 21.3. The average Bonchev–Trinajstić information content (AvgIpc) is 3.20. The summed E-state index contributed by atoms with van der Waals surface area (Å²) < 4.78 is 0.132. The molecule has 9 nitrogen and oxygen atoms in total. The van der Waals surface area contributed by atoms with Crippen molar-refractivity contribution in [1.82, 2.24) is 20.3 Å². The molecule has 1 fully saturated rings. The molecule has 0 unspecified atom stereocenters. The van der Waals surface area contributed by atoms with Crippen molar-refractivity contribution in [3.63, 3.8) is 0 Å². The molecule has 0 saturated carbocycles. The fourth-order valence-corrected chi connectivity index (χ4v) is 4.48. The van der Waals surface area contributed by atoms with Crippen molar-refractivity contribution in [2.24, 2.45) is 11.1 Å². The molecule has 31 heavy (non-hydrogen) atoms. The van der Waals surface area contributed by atoms with Crippen molar-refractivity contribution in [1.29, 1.82) is 5.41 Å². The number of rotatable bonds is 6. The molecular formula is C21H25BrN8O. The maximum atomic E-state index is 13.1. The van der Waals surface area contributed by atoms with E-state index in [1.54, 1.807) is 0 Å². The molecule has 2 aromatic heterocycles. The molecule has 1 aliphatic heterocycles. The summed E-state index contributed by atoms with van der Waals surface area (Å²) in [4.78, 5) is 26.8. The zero-order chi connectivity index (χ0) is 22.0. The first-order valence-electron chi connectivity index (χ1n) is 10.1. The van der Waals surface area contributed by atoms with Gasteiger partial charge in [-0.1, -0.05) is 18.2 Å². The second-order valence-electron chi connectivity index (χ2n) is 7.81. The Bertz CT molecular complexity index is 1090. The Morgan fingerprint density at radius 2 is 2.03 bits per heavy atom. The van der Waals surface area contributed by atoms with Crippen LogP contribution in [0, 0.1) is 10.8 Å². The number of para-hydroxylation sites is 1. The Kier molecular flexibility index (Phi) is 5.92. The number of nitrogen functional groups attached to an aromatic ring is 1. The van der Waals surface area contributed by atoms with E-state index in [1.807, 2.05) is 35.2 Å². The minimum Gasteiger partial charge on any atom is -0.383 e. The highest BCUT2D eigenvalue weighted by atomic mass is 79.9. The van der Waals surface area contributed by atoms with Crippen molar-refractivity contribution < 1.29 is 4.79 Å². The van der Waals surface area contributed by atoms with Crippen LogP contribution in [0.25, 0.3) is 10.9 Å². The van der Waals surface area contributed by atoms with Crippen molar-refractivity contribution in [3.05, 3.63) is 47.9 Å². The molecular weight excluding hydrogens is 460 g/mol. The number of piperidine rings is 1. The van der Waals surface area contributed by atoms with Crippen LogP contribution in [0.3, 0.4) is 0 Å². The molecule has 4 rings (SSSR count). The molecule has 1 aliphatic rings. The minimum absolute atomic E-state index is 0.0380. The fourth-order valence-electron chi connectivity index (χ4n) is 4.10. The summed E-state index contributed by atoms with van der Waals surface area (Å²) in [5.74, 6) is 0.807. The maximum absolute atomic E-state index is 13.1. The lowest BCUT2D eigenvalue weighted by molar-refractivity contribution is -0.131. The van der Waals surface area contributed by atoms with Crippen LogP contribution in [-0.4, -0.2) is 45.1 Å². The number of benzene rings is 1. The van der Waals surface area contributed by atoms with Gasteiger partial charge >= 0.3 is 0 Å². The van der Waals surface area contributed by atoms with Crippen molar-refractivity contribution in [3.8, 4) is 0 Å². The van der Waals surface area contributed by atoms with Gasteiger partial charge in [0.25, 0.3) is 0 Å². The Morgan fingerprint density at radius 3 is 2.71 bits per heavy atom. The van der Waals surface area contributed by atoms with E-state index in [9.17, 15) is 4.79 Å². The zero-order valence-electron chi connectivity index (χ0n) is 17.0. The summed E-state index contributed by atoms with van der Waals surface area (Å²) in [5, 5.41) is 12.1. The molecule has 0 spiro atoms. The summed E-state index contributed by atoms with van der Waals surface area (Å²) >= 11 is 3.18. The Hall–Kier alpha value is -2.98. The van der Waals surface area contributed by atoms with Crippen LogP contribution in [-0.2, 0) is 11.3 Å². The van der Waals surface area contributed by atoms with E-state index >= 15 is 0 Å². The van der Waals surface area contributed by atoms with Crippen LogP contribution in [0.4, 0.5) is 11.6 Å². The number of aromatic nitrogens is 3. The second-order valence-corrected chi connectivity index (χ2v) is 8.60. The van der Waals surface area contributed by atoms with E-state index in [0.717, 1.165) is 16.6 Å². The van der Waals surface area contributed by atoms with Gasteiger partial charge in [-0.25, -0.2) is 9.97 Å². The summed E-state index contributed by atoms with van der Waals surface area (Å²) in [5.41, 5.74) is 13.9. The van der Waals surface area contributed by atoms with Crippen molar-refractivity contribution in [2.75, 3.05) is 30.3 Å². The molecule has 1 saturated heterocycles. The molecule has 3 aromatic rings. The number of aromatic amines is 1.